The molecule has 0 spiro atoms. The molecule has 1 amide bonds. The van der Waals surface area contributed by atoms with Crippen molar-refractivity contribution in [3.8, 4) is 0 Å². The molecule has 1 rings (SSSR count). The van der Waals surface area contributed by atoms with Crippen molar-refractivity contribution in [2.75, 3.05) is 6.54 Å². The quantitative estimate of drug-likeness (QED) is 0.348. The average molecular weight is 292 g/mol. The van der Waals surface area contributed by atoms with E-state index < -0.39 is 5.97 Å². The number of amides is 1. The zero-order valence-corrected chi connectivity index (χ0v) is 11.1. The number of carboxylic acid groups (broad SMARTS) is 1. The number of guanidine groups is 2. The van der Waals surface area contributed by atoms with Crippen molar-refractivity contribution < 1.29 is 14.7 Å². The van der Waals surface area contributed by atoms with Gasteiger partial charge in [-0.05, 0) is 24.3 Å². The van der Waals surface area contributed by atoms with E-state index >= 15 is 0 Å². The van der Waals surface area contributed by atoms with Crippen LogP contribution in [-0.2, 0) is 4.79 Å². The summed E-state index contributed by atoms with van der Waals surface area (Å²) in [5, 5.41) is 11.0. The summed E-state index contributed by atoms with van der Waals surface area (Å²) in [5.41, 5.74) is 16.6. The number of carbonyl (C=O) groups excluding carboxylic acids is 1. The van der Waals surface area contributed by atoms with Crippen LogP contribution in [0.3, 0.4) is 0 Å². The van der Waals surface area contributed by atoms with E-state index in [9.17, 15) is 9.59 Å². The minimum atomic E-state index is -0.977. The molecule has 8 N–H and O–H groups in total. The van der Waals surface area contributed by atoms with E-state index in [1.807, 2.05) is 0 Å². The number of nitrogens with zero attached hydrogens (tertiary/aromatic N) is 2. The van der Waals surface area contributed by atoms with Crippen molar-refractivity contribution in [1.82, 2.24) is 5.32 Å². The molecule has 1 aromatic carbocycles. The molecule has 0 aliphatic heterocycles. The Bertz CT molecular complexity index is 575. The number of carboxylic acids is 1. The van der Waals surface area contributed by atoms with Gasteiger partial charge in [-0.25, -0.2) is 4.99 Å². The zero-order valence-electron chi connectivity index (χ0n) is 11.1. The van der Waals surface area contributed by atoms with Crippen LogP contribution in [0.25, 0.3) is 0 Å². The number of hydrogen-bond acceptors (Lipinski definition) is 3. The monoisotopic (exact) mass is 292 g/mol. The first-order valence-corrected chi connectivity index (χ1v) is 5.92. The third kappa shape index (κ3) is 6.05. The Morgan fingerprint density at radius 3 is 2.29 bits per heavy atom. The molecule has 0 saturated carbocycles. The van der Waals surface area contributed by atoms with Crippen molar-refractivity contribution >= 4 is 29.5 Å². The first-order chi connectivity index (χ1) is 9.88. The summed E-state index contributed by atoms with van der Waals surface area (Å²) in [4.78, 5) is 29.5. The number of rotatable bonds is 5. The van der Waals surface area contributed by atoms with Crippen LogP contribution in [0.1, 0.15) is 16.8 Å². The standard InChI is InChI=1S/C12H16N6O3/c13-11(14)18-12(15)17-8-3-1-7(2-4-8)10(21)16-6-5-9(19)20/h1-4H,5-6H2,(H,16,21)(H,19,20)(H6,13,14,15,17,18). The van der Waals surface area contributed by atoms with Crippen molar-refractivity contribution in [2.45, 2.75) is 6.42 Å². The molecule has 112 valence electrons. The van der Waals surface area contributed by atoms with Gasteiger partial charge in [-0.15, -0.1) is 0 Å². The first-order valence-electron chi connectivity index (χ1n) is 5.92. The maximum atomic E-state index is 11.7. The Kier molecular flexibility index (Phi) is 5.68. The molecule has 0 aliphatic rings. The highest BCUT2D eigenvalue weighted by Crippen LogP contribution is 2.13. The molecule has 0 atom stereocenters. The van der Waals surface area contributed by atoms with E-state index in [-0.39, 0.29) is 30.8 Å². The number of aliphatic imine (C=N–C) groups is 2. The minimum absolute atomic E-state index is 0.0610. The van der Waals surface area contributed by atoms with Gasteiger partial charge in [0.15, 0.2) is 5.96 Å². The van der Waals surface area contributed by atoms with Crippen molar-refractivity contribution in [2.24, 2.45) is 27.2 Å². The van der Waals surface area contributed by atoms with Crippen LogP contribution in [0.15, 0.2) is 34.3 Å². The van der Waals surface area contributed by atoms with Gasteiger partial charge >= 0.3 is 5.97 Å². The predicted molar refractivity (Wildman–Crippen MR) is 78.1 cm³/mol. The maximum absolute atomic E-state index is 11.7. The lowest BCUT2D eigenvalue weighted by Crippen LogP contribution is -2.26. The van der Waals surface area contributed by atoms with Crippen LogP contribution >= 0.6 is 0 Å². The summed E-state index contributed by atoms with van der Waals surface area (Å²) in [5.74, 6) is -1.65. The van der Waals surface area contributed by atoms with Gasteiger partial charge in [0, 0.05) is 12.1 Å². The van der Waals surface area contributed by atoms with Gasteiger partial charge in [0.1, 0.15) is 0 Å². The fraction of sp³-hybridized carbons (Fsp3) is 0.167. The Morgan fingerprint density at radius 1 is 1.14 bits per heavy atom. The molecule has 0 fully saturated rings. The van der Waals surface area contributed by atoms with Crippen molar-refractivity contribution in [3.63, 3.8) is 0 Å². The lowest BCUT2D eigenvalue weighted by Gasteiger charge is -2.03. The van der Waals surface area contributed by atoms with Gasteiger partial charge in [0.05, 0.1) is 12.1 Å². The fourth-order valence-electron chi connectivity index (χ4n) is 1.36. The third-order valence-electron chi connectivity index (χ3n) is 2.24. The Morgan fingerprint density at radius 2 is 1.76 bits per heavy atom. The molecule has 0 unspecified atom stereocenters. The van der Waals surface area contributed by atoms with Crippen LogP contribution < -0.4 is 22.5 Å². The summed E-state index contributed by atoms with van der Waals surface area (Å²) < 4.78 is 0. The lowest BCUT2D eigenvalue weighted by molar-refractivity contribution is -0.136. The second-order valence-electron chi connectivity index (χ2n) is 3.95. The van der Waals surface area contributed by atoms with E-state index in [2.05, 4.69) is 15.3 Å². The smallest absolute Gasteiger partial charge is 0.305 e. The number of hydrogen-bond donors (Lipinski definition) is 5. The molecule has 0 radical (unpaired) electrons. The fourth-order valence-corrected chi connectivity index (χ4v) is 1.36. The average Bonchev–Trinajstić information content (AvgIpc) is 2.37. The molecule has 1 aromatic rings. The Hall–Kier alpha value is -3.10. The molecular formula is C12H16N6O3. The first kappa shape index (κ1) is 16.0. The summed E-state index contributed by atoms with van der Waals surface area (Å²) >= 11 is 0. The van der Waals surface area contributed by atoms with Crippen molar-refractivity contribution in [1.29, 1.82) is 0 Å². The van der Waals surface area contributed by atoms with E-state index in [4.69, 9.17) is 22.3 Å². The normalized spacial score (nSPS) is 10.8. The molecule has 9 heteroatoms. The van der Waals surface area contributed by atoms with E-state index in [0.717, 1.165) is 0 Å². The van der Waals surface area contributed by atoms with Gasteiger partial charge in [-0.3, -0.25) is 9.59 Å². The minimum Gasteiger partial charge on any atom is -0.481 e. The lowest BCUT2D eigenvalue weighted by atomic mass is 10.2. The molecular weight excluding hydrogens is 276 g/mol. The second-order valence-corrected chi connectivity index (χ2v) is 3.95. The number of nitrogens with two attached hydrogens (primary N) is 3. The predicted octanol–water partition coefficient (Wildman–Crippen LogP) is -0.889. The van der Waals surface area contributed by atoms with E-state index in [1.54, 1.807) is 12.1 Å². The van der Waals surface area contributed by atoms with Crippen LogP contribution in [-0.4, -0.2) is 35.4 Å². The molecule has 0 heterocycles. The third-order valence-corrected chi connectivity index (χ3v) is 2.24. The molecule has 0 aliphatic carbocycles. The molecule has 0 bridgehead atoms. The topological polar surface area (TPSA) is 169 Å². The largest absolute Gasteiger partial charge is 0.481 e. The number of benzene rings is 1. The molecule has 0 aromatic heterocycles. The maximum Gasteiger partial charge on any atom is 0.305 e. The van der Waals surface area contributed by atoms with Crippen LogP contribution in [0, 0.1) is 0 Å². The summed E-state index contributed by atoms with van der Waals surface area (Å²) in [6, 6.07) is 6.16. The molecule has 21 heavy (non-hydrogen) atoms. The SMILES string of the molecule is NC(N)=NC(N)=Nc1ccc(C(=O)NCCC(=O)O)cc1. The van der Waals surface area contributed by atoms with Gasteiger partial charge < -0.3 is 27.6 Å². The number of nitrogens with one attached hydrogen (secondary N) is 1. The van der Waals surface area contributed by atoms with Crippen LogP contribution in [0.4, 0.5) is 5.69 Å². The van der Waals surface area contributed by atoms with Gasteiger partial charge in [0.2, 0.25) is 5.96 Å². The Labute approximate surface area is 120 Å². The van der Waals surface area contributed by atoms with Crippen LogP contribution in [0.5, 0.6) is 0 Å². The molecule has 0 saturated heterocycles. The van der Waals surface area contributed by atoms with Gasteiger partial charge in [-0.2, -0.15) is 4.99 Å². The highest BCUT2D eigenvalue weighted by atomic mass is 16.4. The van der Waals surface area contributed by atoms with Gasteiger partial charge in [0.25, 0.3) is 5.91 Å². The summed E-state index contributed by atoms with van der Waals surface area (Å²) in [6.45, 7) is 0.0610. The van der Waals surface area contributed by atoms with E-state index in [0.29, 0.717) is 11.3 Å². The highest BCUT2D eigenvalue weighted by Gasteiger charge is 2.05. The zero-order chi connectivity index (χ0) is 15.8. The van der Waals surface area contributed by atoms with Gasteiger partial charge in [-0.1, -0.05) is 0 Å². The summed E-state index contributed by atoms with van der Waals surface area (Å²) in [6.07, 6.45) is -0.136. The number of aliphatic carboxylic acids is 1. The molecule has 9 nitrogen and oxygen atoms in total. The van der Waals surface area contributed by atoms with Crippen LogP contribution in [0.2, 0.25) is 0 Å². The van der Waals surface area contributed by atoms with E-state index in [1.165, 1.54) is 12.1 Å². The number of carbonyl (C=O) groups is 2. The Balaban J connectivity index is 2.67. The second kappa shape index (κ2) is 7.48. The van der Waals surface area contributed by atoms with Crippen molar-refractivity contribution in [3.05, 3.63) is 29.8 Å². The highest BCUT2D eigenvalue weighted by molar-refractivity contribution is 5.95. The summed E-state index contributed by atoms with van der Waals surface area (Å²) in [7, 11) is 0.